The van der Waals surface area contributed by atoms with Gasteiger partial charge in [-0.3, -0.25) is 14.4 Å². The number of hydrogen-bond acceptors (Lipinski definition) is 5. The maximum atomic E-state index is 14.1. The van der Waals surface area contributed by atoms with Crippen LogP contribution in [0.5, 0.6) is 0 Å². The summed E-state index contributed by atoms with van der Waals surface area (Å²) in [6, 6.07) is 9.46. The van der Waals surface area contributed by atoms with E-state index in [9.17, 15) is 19.5 Å². The van der Waals surface area contributed by atoms with Crippen LogP contribution in [0.1, 0.15) is 76.7 Å². The molecule has 202 valence electrons. The van der Waals surface area contributed by atoms with E-state index in [1.165, 1.54) is 6.42 Å². The molecule has 1 aromatic carbocycles. The smallest absolute Gasteiger partial charge is 0.244 e. The van der Waals surface area contributed by atoms with E-state index >= 15 is 0 Å². The van der Waals surface area contributed by atoms with Gasteiger partial charge in [0.05, 0.1) is 16.6 Å². The number of nitrogens with zero attached hydrogens (tertiary/aromatic N) is 1. The molecule has 3 N–H and O–H groups in total. The molecule has 1 spiro atoms. The monoisotopic (exact) mass is 527 g/mol. The van der Waals surface area contributed by atoms with Gasteiger partial charge in [0.2, 0.25) is 17.7 Å². The second-order valence-electron chi connectivity index (χ2n) is 11.6. The predicted octanol–water partition coefficient (Wildman–Crippen LogP) is 3.40. The van der Waals surface area contributed by atoms with Gasteiger partial charge in [-0.25, -0.2) is 0 Å². The number of aliphatic hydroxyl groups is 1. The van der Waals surface area contributed by atoms with Gasteiger partial charge in [0.25, 0.3) is 0 Å². The third-order valence-electron chi connectivity index (χ3n) is 9.13. The highest BCUT2D eigenvalue weighted by Gasteiger charge is 2.77. The topological polar surface area (TPSA) is 98.7 Å². The summed E-state index contributed by atoms with van der Waals surface area (Å²) in [5.41, 5.74) is 1.03. The number of carbonyl (C=O) groups is 3. The minimum atomic E-state index is -0.559. The molecule has 5 rings (SSSR count). The van der Waals surface area contributed by atoms with Gasteiger partial charge in [0.1, 0.15) is 6.04 Å². The number of unbranched alkanes of at least 4 members (excludes halogenated alkanes) is 2. The van der Waals surface area contributed by atoms with Crippen molar-refractivity contribution >= 4 is 29.5 Å². The second kappa shape index (κ2) is 11.0. The predicted molar refractivity (Wildman–Crippen MR) is 145 cm³/mol. The number of likely N-dealkylation sites (tertiary alicyclic amines) is 1. The maximum absolute atomic E-state index is 14.1. The Hall–Kier alpha value is -2.06. The number of carbonyl (C=O) groups excluding carboxylic acids is 3. The molecule has 0 radical (unpaired) electrons. The van der Waals surface area contributed by atoms with Crippen molar-refractivity contribution in [2.24, 2.45) is 11.8 Å². The van der Waals surface area contributed by atoms with Crippen LogP contribution in [0.25, 0.3) is 0 Å². The average molecular weight is 528 g/mol. The van der Waals surface area contributed by atoms with Gasteiger partial charge < -0.3 is 20.6 Å². The summed E-state index contributed by atoms with van der Waals surface area (Å²) in [4.78, 5) is 43.5. The van der Waals surface area contributed by atoms with Crippen LogP contribution in [-0.4, -0.2) is 62.5 Å². The van der Waals surface area contributed by atoms with Crippen LogP contribution >= 0.6 is 11.8 Å². The molecule has 1 aromatic rings. The van der Waals surface area contributed by atoms with Crippen LogP contribution in [0.15, 0.2) is 30.3 Å². The lowest BCUT2D eigenvalue weighted by Gasteiger charge is -2.36. The Labute approximate surface area is 224 Å². The highest BCUT2D eigenvalue weighted by molar-refractivity contribution is 8.02. The Balaban J connectivity index is 1.39. The van der Waals surface area contributed by atoms with E-state index in [-0.39, 0.29) is 35.1 Å². The van der Waals surface area contributed by atoms with Gasteiger partial charge >= 0.3 is 0 Å². The molecular formula is C29H41N3O4S. The molecule has 0 aromatic heterocycles. The fraction of sp³-hybridized carbons (Fsp3) is 0.690. The van der Waals surface area contributed by atoms with Gasteiger partial charge in [-0.05, 0) is 57.4 Å². The van der Waals surface area contributed by atoms with Gasteiger partial charge in [-0.1, -0.05) is 49.6 Å². The molecule has 1 saturated carbocycles. The molecule has 37 heavy (non-hydrogen) atoms. The zero-order valence-corrected chi connectivity index (χ0v) is 22.7. The molecule has 2 bridgehead atoms. The number of fused-ring (bicyclic) bond motifs is 1. The Morgan fingerprint density at radius 2 is 1.81 bits per heavy atom. The first-order valence-corrected chi connectivity index (χ1v) is 14.9. The molecule has 3 heterocycles. The van der Waals surface area contributed by atoms with Crippen LogP contribution in [0, 0.1) is 11.8 Å². The summed E-state index contributed by atoms with van der Waals surface area (Å²) in [5, 5.41) is 15.6. The number of amides is 3. The van der Waals surface area contributed by atoms with Crippen molar-refractivity contribution in [2.75, 3.05) is 13.2 Å². The normalized spacial score (nSPS) is 33.0. The van der Waals surface area contributed by atoms with Crippen molar-refractivity contribution in [3.63, 3.8) is 0 Å². The first-order valence-electron chi connectivity index (χ1n) is 14.1. The quantitative estimate of drug-likeness (QED) is 0.405. The largest absolute Gasteiger partial charge is 0.396 e. The Morgan fingerprint density at radius 3 is 2.54 bits per heavy atom. The van der Waals surface area contributed by atoms with E-state index in [1.807, 2.05) is 30.3 Å². The Bertz CT molecular complexity index is 1000. The first kappa shape index (κ1) is 26.5. The number of nitrogens with one attached hydrogen (secondary N) is 2. The van der Waals surface area contributed by atoms with E-state index in [4.69, 9.17) is 0 Å². The van der Waals surface area contributed by atoms with Crippen LogP contribution in [-0.2, 0) is 20.9 Å². The molecule has 3 aliphatic heterocycles. The highest BCUT2D eigenvalue weighted by Crippen LogP contribution is 2.71. The third-order valence-corrected chi connectivity index (χ3v) is 11.1. The van der Waals surface area contributed by atoms with Crippen LogP contribution in [0.3, 0.4) is 0 Å². The van der Waals surface area contributed by atoms with Crippen molar-refractivity contribution in [1.82, 2.24) is 15.5 Å². The molecule has 4 fully saturated rings. The minimum Gasteiger partial charge on any atom is -0.396 e. The number of aliphatic hydroxyl groups excluding tert-OH is 1. The summed E-state index contributed by atoms with van der Waals surface area (Å²) in [7, 11) is 0. The van der Waals surface area contributed by atoms with E-state index in [2.05, 4.69) is 17.6 Å². The fourth-order valence-corrected chi connectivity index (χ4v) is 9.72. The molecule has 1 aliphatic carbocycles. The number of hydrogen-bond donors (Lipinski definition) is 3. The lowest BCUT2D eigenvalue weighted by Crippen LogP contribution is -2.55. The van der Waals surface area contributed by atoms with Crippen molar-refractivity contribution in [2.45, 2.75) is 99.3 Å². The Kier molecular flexibility index (Phi) is 7.87. The second-order valence-corrected chi connectivity index (χ2v) is 13.5. The zero-order chi connectivity index (χ0) is 26.0. The molecule has 8 heteroatoms. The molecule has 4 aliphatic rings. The van der Waals surface area contributed by atoms with E-state index in [1.54, 1.807) is 16.7 Å². The number of benzene rings is 1. The van der Waals surface area contributed by atoms with Gasteiger partial charge in [0.15, 0.2) is 0 Å². The Morgan fingerprint density at radius 1 is 1.05 bits per heavy atom. The summed E-state index contributed by atoms with van der Waals surface area (Å²) >= 11 is 1.74. The summed E-state index contributed by atoms with van der Waals surface area (Å²) in [6.45, 7) is 3.17. The molecule has 3 amide bonds. The summed E-state index contributed by atoms with van der Waals surface area (Å²) in [5.74, 6) is -1.08. The van der Waals surface area contributed by atoms with Gasteiger partial charge in [-0.2, -0.15) is 0 Å². The van der Waals surface area contributed by atoms with Crippen molar-refractivity contribution in [1.29, 1.82) is 0 Å². The highest BCUT2D eigenvalue weighted by atomic mass is 32.2. The van der Waals surface area contributed by atoms with Crippen molar-refractivity contribution in [3.05, 3.63) is 35.9 Å². The van der Waals surface area contributed by atoms with Gasteiger partial charge in [0, 0.05) is 30.5 Å². The van der Waals surface area contributed by atoms with Gasteiger partial charge in [-0.15, -0.1) is 11.8 Å². The minimum absolute atomic E-state index is 0.0352. The number of rotatable bonds is 10. The van der Waals surface area contributed by atoms with Crippen molar-refractivity contribution in [3.8, 4) is 0 Å². The zero-order valence-electron chi connectivity index (χ0n) is 21.9. The van der Waals surface area contributed by atoms with E-state index < -0.39 is 22.6 Å². The first-order chi connectivity index (χ1) is 17.9. The SMILES string of the molecule is C[C@@]12CCC3(S1)C(C(=O)NC1CCCCC1)N(CCCCCO)C(=O)[C@@H]3[C@@H]2C(=O)NCc1ccccc1. The summed E-state index contributed by atoms with van der Waals surface area (Å²) in [6.07, 6.45) is 9.31. The third kappa shape index (κ3) is 4.91. The lowest BCUT2D eigenvalue weighted by atomic mass is 9.66. The van der Waals surface area contributed by atoms with Crippen LogP contribution in [0.4, 0.5) is 0 Å². The summed E-state index contributed by atoms with van der Waals surface area (Å²) < 4.78 is -0.913. The molecule has 5 atom stereocenters. The molecular weight excluding hydrogens is 486 g/mol. The van der Waals surface area contributed by atoms with E-state index in [0.29, 0.717) is 19.5 Å². The lowest BCUT2D eigenvalue weighted by molar-refractivity contribution is -0.140. The average Bonchev–Trinajstić information content (AvgIpc) is 3.47. The maximum Gasteiger partial charge on any atom is 0.244 e. The fourth-order valence-electron chi connectivity index (χ4n) is 7.36. The number of thioether (sulfide) groups is 1. The van der Waals surface area contributed by atoms with Crippen LogP contribution < -0.4 is 10.6 Å². The standard InChI is InChI=1S/C29H41N3O4S/c1-28-15-16-29(37-28)23(22(28)25(34)30-19-20-11-5-2-6-12-20)27(36)32(17-9-4-10-18-33)24(29)26(35)31-21-13-7-3-8-14-21/h2,5-6,11-12,21-24,33H,3-4,7-10,13-19H2,1H3,(H,30,34)(H,31,35)/t22-,23+,24?,28+,29?/m1/s1. The van der Waals surface area contributed by atoms with Crippen molar-refractivity contribution < 1.29 is 19.5 Å². The van der Waals surface area contributed by atoms with E-state index in [0.717, 1.165) is 56.9 Å². The molecule has 2 unspecified atom stereocenters. The molecule has 7 nitrogen and oxygen atoms in total. The van der Waals surface area contributed by atoms with Crippen LogP contribution in [0.2, 0.25) is 0 Å². The molecule has 3 saturated heterocycles.